The van der Waals surface area contributed by atoms with Crippen LogP contribution in [0.2, 0.25) is 0 Å². The molecular formula is C9H16N4. The van der Waals surface area contributed by atoms with Gasteiger partial charge < -0.3 is 9.88 Å². The van der Waals surface area contributed by atoms with Crippen LogP contribution in [0.15, 0.2) is 6.33 Å². The lowest BCUT2D eigenvalue weighted by atomic mass is 10.3. The van der Waals surface area contributed by atoms with Crippen LogP contribution in [0, 0.1) is 5.92 Å². The van der Waals surface area contributed by atoms with Crippen LogP contribution in [0.3, 0.4) is 0 Å². The zero-order valence-corrected chi connectivity index (χ0v) is 8.20. The summed E-state index contributed by atoms with van der Waals surface area (Å²) in [5.74, 6) is 1.91. The third kappa shape index (κ3) is 1.88. The van der Waals surface area contributed by atoms with Crippen molar-refractivity contribution in [2.75, 3.05) is 0 Å². The molecule has 0 aliphatic heterocycles. The van der Waals surface area contributed by atoms with E-state index in [0.717, 1.165) is 24.3 Å². The van der Waals surface area contributed by atoms with Crippen LogP contribution < -0.4 is 5.32 Å². The minimum Gasteiger partial charge on any atom is -0.320 e. The van der Waals surface area contributed by atoms with Gasteiger partial charge in [0, 0.05) is 13.1 Å². The third-order valence-corrected chi connectivity index (χ3v) is 2.77. The number of aromatic nitrogens is 3. The molecule has 0 amide bonds. The summed E-state index contributed by atoms with van der Waals surface area (Å²) in [7, 11) is 1.97. The van der Waals surface area contributed by atoms with E-state index >= 15 is 0 Å². The number of nitrogens with one attached hydrogen (secondary N) is 1. The highest BCUT2D eigenvalue weighted by Crippen LogP contribution is 2.33. The van der Waals surface area contributed by atoms with Crippen molar-refractivity contribution in [1.29, 1.82) is 0 Å². The van der Waals surface area contributed by atoms with Gasteiger partial charge in [0.15, 0.2) is 0 Å². The Morgan fingerprint density at radius 2 is 2.54 bits per heavy atom. The Morgan fingerprint density at radius 1 is 1.69 bits per heavy atom. The van der Waals surface area contributed by atoms with Crippen LogP contribution >= 0.6 is 0 Å². The lowest BCUT2D eigenvalue weighted by Gasteiger charge is -2.02. The molecule has 2 atom stereocenters. The maximum absolute atomic E-state index is 4.02. The molecule has 13 heavy (non-hydrogen) atoms. The Balaban J connectivity index is 1.78. The number of nitrogens with zero attached hydrogens (tertiary/aromatic N) is 3. The van der Waals surface area contributed by atoms with Crippen molar-refractivity contribution in [1.82, 2.24) is 20.1 Å². The molecule has 2 rings (SSSR count). The highest BCUT2D eigenvalue weighted by Gasteiger charge is 2.34. The molecule has 2 unspecified atom stereocenters. The third-order valence-electron chi connectivity index (χ3n) is 2.77. The Labute approximate surface area is 78.4 Å². The summed E-state index contributed by atoms with van der Waals surface area (Å²) in [6.07, 6.45) is 4.35. The molecule has 1 saturated carbocycles. The van der Waals surface area contributed by atoms with Crippen LogP contribution in [-0.2, 0) is 13.6 Å². The van der Waals surface area contributed by atoms with E-state index in [2.05, 4.69) is 22.4 Å². The van der Waals surface area contributed by atoms with E-state index in [1.165, 1.54) is 12.8 Å². The number of hydrogen-bond acceptors (Lipinski definition) is 3. The van der Waals surface area contributed by atoms with Gasteiger partial charge in [0.05, 0.1) is 6.54 Å². The predicted molar refractivity (Wildman–Crippen MR) is 50.0 cm³/mol. The highest BCUT2D eigenvalue weighted by molar-refractivity contribution is 4.94. The van der Waals surface area contributed by atoms with E-state index in [9.17, 15) is 0 Å². The standard InChI is InChI=1S/C9H16N4/c1-3-7-4-8(7)10-5-9-12-11-6-13(9)2/h6-8,10H,3-5H2,1-2H3. The van der Waals surface area contributed by atoms with Crippen molar-refractivity contribution < 1.29 is 0 Å². The second-order valence-electron chi connectivity index (χ2n) is 3.75. The van der Waals surface area contributed by atoms with E-state index < -0.39 is 0 Å². The van der Waals surface area contributed by atoms with Gasteiger partial charge in [-0.1, -0.05) is 13.3 Å². The molecule has 0 saturated heterocycles. The van der Waals surface area contributed by atoms with Gasteiger partial charge in [-0.2, -0.15) is 0 Å². The SMILES string of the molecule is CCC1CC1NCc1nncn1C. The van der Waals surface area contributed by atoms with Gasteiger partial charge in [0.2, 0.25) is 0 Å². The topological polar surface area (TPSA) is 42.7 Å². The van der Waals surface area contributed by atoms with E-state index in [-0.39, 0.29) is 0 Å². The molecule has 0 bridgehead atoms. The molecule has 1 fully saturated rings. The minimum absolute atomic E-state index is 0.724. The Kier molecular flexibility index (Phi) is 2.31. The lowest BCUT2D eigenvalue weighted by molar-refractivity contribution is 0.592. The average molecular weight is 180 g/mol. The first-order chi connectivity index (χ1) is 6.31. The van der Waals surface area contributed by atoms with Gasteiger partial charge in [-0.25, -0.2) is 0 Å². The van der Waals surface area contributed by atoms with Gasteiger partial charge >= 0.3 is 0 Å². The molecule has 72 valence electrons. The fourth-order valence-corrected chi connectivity index (χ4v) is 1.64. The summed E-state index contributed by atoms with van der Waals surface area (Å²) >= 11 is 0. The van der Waals surface area contributed by atoms with Crippen molar-refractivity contribution in [3.8, 4) is 0 Å². The number of aryl methyl sites for hydroxylation is 1. The Bertz CT molecular complexity index is 281. The Hall–Kier alpha value is -0.900. The van der Waals surface area contributed by atoms with Gasteiger partial charge in [0.1, 0.15) is 12.2 Å². The van der Waals surface area contributed by atoms with E-state index in [4.69, 9.17) is 0 Å². The second-order valence-corrected chi connectivity index (χ2v) is 3.75. The van der Waals surface area contributed by atoms with Crippen LogP contribution in [0.5, 0.6) is 0 Å². The van der Waals surface area contributed by atoms with Crippen LogP contribution in [-0.4, -0.2) is 20.8 Å². The molecule has 1 aliphatic rings. The maximum Gasteiger partial charge on any atom is 0.146 e. The van der Waals surface area contributed by atoms with Crippen LogP contribution in [0.1, 0.15) is 25.6 Å². The molecule has 0 aromatic carbocycles. The summed E-state index contributed by atoms with van der Waals surface area (Å²) < 4.78 is 1.95. The minimum atomic E-state index is 0.724. The largest absolute Gasteiger partial charge is 0.320 e. The molecule has 0 spiro atoms. The molecular weight excluding hydrogens is 164 g/mol. The molecule has 1 aromatic heterocycles. The summed E-state index contributed by atoms with van der Waals surface area (Å²) in [5.41, 5.74) is 0. The first-order valence-electron chi connectivity index (χ1n) is 4.87. The maximum atomic E-state index is 4.02. The highest BCUT2D eigenvalue weighted by atomic mass is 15.3. The molecule has 0 radical (unpaired) electrons. The fraction of sp³-hybridized carbons (Fsp3) is 0.778. The normalized spacial score (nSPS) is 26.3. The zero-order chi connectivity index (χ0) is 9.26. The smallest absolute Gasteiger partial charge is 0.146 e. The lowest BCUT2D eigenvalue weighted by Crippen LogP contribution is -2.19. The molecule has 1 aliphatic carbocycles. The fourth-order valence-electron chi connectivity index (χ4n) is 1.64. The number of hydrogen-bond donors (Lipinski definition) is 1. The molecule has 1 aromatic rings. The van der Waals surface area contributed by atoms with Crippen molar-refractivity contribution in [3.63, 3.8) is 0 Å². The zero-order valence-electron chi connectivity index (χ0n) is 8.20. The van der Waals surface area contributed by atoms with Crippen molar-refractivity contribution >= 4 is 0 Å². The summed E-state index contributed by atoms with van der Waals surface area (Å²) in [4.78, 5) is 0. The van der Waals surface area contributed by atoms with Crippen molar-refractivity contribution in [3.05, 3.63) is 12.2 Å². The summed E-state index contributed by atoms with van der Waals surface area (Å²) in [6.45, 7) is 3.09. The van der Waals surface area contributed by atoms with Gasteiger partial charge in [-0.3, -0.25) is 0 Å². The van der Waals surface area contributed by atoms with E-state index in [0.29, 0.717) is 0 Å². The van der Waals surface area contributed by atoms with Gasteiger partial charge in [0.25, 0.3) is 0 Å². The average Bonchev–Trinajstić information content (AvgIpc) is 2.79. The van der Waals surface area contributed by atoms with Crippen molar-refractivity contribution in [2.24, 2.45) is 13.0 Å². The van der Waals surface area contributed by atoms with Crippen LogP contribution in [0.4, 0.5) is 0 Å². The summed E-state index contributed by atoms with van der Waals surface area (Å²) in [6, 6.07) is 0.724. The van der Waals surface area contributed by atoms with Crippen LogP contribution in [0.25, 0.3) is 0 Å². The number of rotatable bonds is 4. The first kappa shape index (κ1) is 8.69. The Morgan fingerprint density at radius 3 is 3.08 bits per heavy atom. The van der Waals surface area contributed by atoms with Crippen molar-refractivity contribution in [2.45, 2.75) is 32.4 Å². The quantitative estimate of drug-likeness (QED) is 0.741. The van der Waals surface area contributed by atoms with E-state index in [1.807, 2.05) is 11.6 Å². The summed E-state index contributed by atoms with van der Waals surface area (Å²) in [5, 5.41) is 11.3. The molecule has 1 heterocycles. The predicted octanol–water partition coefficient (Wildman–Crippen LogP) is 0.703. The molecule has 4 heteroatoms. The molecule has 1 N–H and O–H groups in total. The van der Waals surface area contributed by atoms with E-state index in [1.54, 1.807) is 6.33 Å². The second kappa shape index (κ2) is 3.46. The van der Waals surface area contributed by atoms with Gasteiger partial charge in [-0.05, 0) is 12.3 Å². The first-order valence-corrected chi connectivity index (χ1v) is 4.87. The monoisotopic (exact) mass is 180 g/mol. The molecule has 4 nitrogen and oxygen atoms in total. The van der Waals surface area contributed by atoms with Gasteiger partial charge in [-0.15, -0.1) is 10.2 Å².